The lowest BCUT2D eigenvalue weighted by Gasteiger charge is -2.29. The molecular formula is C13H20N2O4S. The first-order valence-electron chi connectivity index (χ1n) is 6.10. The van der Waals surface area contributed by atoms with Crippen LogP contribution in [0.2, 0.25) is 0 Å². The molecular weight excluding hydrogens is 280 g/mol. The standard InChI is InChI=1S/C13H20N2O4S/c1-9(16)13(2,3)14-12(17)10-5-7-11(8-6-10)15-20(4,18)19/h5-9,15-16H,1-4H3,(H,14,17). The molecule has 0 heterocycles. The summed E-state index contributed by atoms with van der Waals surface area (Å²) in [4.78, 5) is 12.0. The molecule has 0 bridgehead atoms. The van der Waals surface area contributed by atoms with Crippen LogP contribution in [0.1, 0.15) is 31.1 Å². The third-order valence-electron chi connectivity index (χ3n) is 2.93. The highest BCUT2D eigenvalue weighted by Gasteiger charge is 2.26. The van der Waals surface area contributed by atoms with E-state index in [1.54, 1.807) is 20.8 Å². The summed E-state index contributed by atoms with van der Waals surface area (Å²) in [5.41, 5.74) is 0.0254. The van der Waals surface area contributed by atoms with E-state index < -0.39 is 21.7 Å². The molecule has 0 fully saturated rings. The van der Waals surface area contributed by atoms with E-state index >= 15 is 0 Å². The molecule has 0 saturated heterocycles. The fourth-order valence-electron chi connectivity index (χ4n) is 1.37. The van der Waals surface area contributed by atoms with Crippen molar-refractivity contribution >= 4 is 21.6 Å². The van der Waals surface area contributed by atoms with Crippen molar-refractivity contribution in [1.29, 1.82) is 0 Å². The van der Waals surface area contributed by atoms with Crippen LogP contribution in [-0.2, 0) is 10.0 Å². The maximum atomic E-state index is 12.0. The molecule has 1 aromatic rings. The van der Waals surface area contributed by atoms with Gasteiger partial charge in [-0.15, -0.1) is 0 Å². The molecule has 0 aromatic heterocycles. The van der Waals surface area contributed by atoms with E-state index in [9.17, 15) is 18.3 Å². The second-order valence-corrected chi connectivity index (χ2v) is 7.05. The molecule has 6 nitrogen and oxygen atoms in total. The Hall–Kier alpha value is -1.60. The third-order valence-corrected chi connectivity index (χ3v) is 3.54. The van der Waals surface area contributed by atoms with Crippen molar-refractivity contribution in [2.75, 3.05) is 11.0 Å². The fourth-order valence-corrected chi connectivity index (χ4v) is 1.94. The summed E-state index contributed by atoms with van der Waals surface area (Å²) in [6, 6.07) is 6.04. The zero-order chi connectivity index (χ0) is 15.6. The van der Waals surface area contributed by atoms with Gasteiger partial charge in [0.25, 0.3) is 5.91 Å². The summed E-state index contributed by atoms with van der Waals surface area (Å²) in [6.45, 7) is 5.03. The van der Waals surface area contributed by atoms with Crippen LogP contribution >= 0.6 is 0 Å². The number of hydrogen-bond acceptors (Lipinski definition) is 4. The maximum Gasteiger partial charge on any atom is 0.251 e. The van der Waals surface area contributed by atoms with Gasteiger partial charge in [0.1, 0.15) is 0 Å². The molecule has 0 aliphatic carbocycles. The predicted molar refractivity (Wildman–Crippen MR) is 78.1 cm³/mol. The van der Waals surface area contributed by atoms with Gasteiger partial charge in [-0.1, -0.05) is 0 Å². The van der Waals surface area contributed by atoms with Crippen LogP contribution in [0, 0.1) is 0 Å². The number of carbonyl (C=O) groups is 1. The van der Waals surface area contributed by atoms with Gasteiger partial charge >= 0.3 is 0 Å². The molecule has 1 aromatic carbocycles. The molecule has 0 aliphatic heterocycles. The number of amides is 1. The number of rotatable bonds is 5. The Morgan fingerprint density at radius 3 is 2.15 bits per heavy atom. The molecule has 20 heavy (non-hydrogen) atoms. The minimum absolute atomic E-state index is 0.332. The van der Waals surface area contributed by atoms with E-state index in [0.29, 0.717) is 11.3 Å². The van der Waals surface area contributed by atoms with Crippen molar-refractivity contribution in [3.05, 3.63) is 29.8 Å². The van der Waals surface area contributed by atoms with Gasteiger partial charge in [-0.05, 0) is 45.0 Å². The third kappa shape index (κ3) is 4.82. The van der Waals surface area contributed by atoms with E-state index in [1.807, 2.05) is 0 Å². The highest BCUT2D eigenvalue weighted by atomic mass is 32.2. The SMILES string of the molecule is CC(O)C(C)(C)NC(=O)c1ccc(NS(C)(=O)=O)cc1. The summed E-state index contributed by atoms with van der Waals surface area (Å²) in [6.07, 6.45) is 0.358. The first-order valence-corrected chi connectivity index (χ1v) is 7.99. The van der Waals surface area contributed by atoms with Crippen LogP contribution in [-0.4, -0.2) is 37.3 Å². The first-order chi connectivity index (χ1) is 9.01. The lowest BCUT2D eigenvalue weighted by molar-refractivity contribution is 0.0709. The molecule has 3 N–H and O–H groups in total. The van der Waals surface area contributed by atoms with Crippen LogP contribution in [0.5, 0.6) is 0 Å². The molecule has 0 saturated carbocycles. The van der Waals surface area contributed by atoms with Crippen molar-refractivity contribution in [2.45, 2.75) is 32.4 Å². The molecule has 1 amide bonds. The van der Waals surface area contributed by atoms with Crippen LogP contribution in [0.25, 0.3) is 0 Å². The van der Waals surface area contributed by atoms with Gasteiger partial charge < -0.3 is 10.4 Å². The summed E-state index contributed by atoms with van der Waals surface area (Å²) < 4.78 is 24.4. The zero-order valence-electron chi connectivity index (χ0n) is 12.0. The number of aliphatic hydroxyl groups excluding tert-OH is 1. The summed E-state index contributed by atoms with van der Waals surface area (Å²) in [7, 11) is -3.33. The van der Waals surface area contributed by atoms with Crippen molar-refractivity contribution in [2.24, 2.45) is 0 Å². The molecule has 1 atom stereocenters. The van der Waals surface area contributed by atoms with E-state index in [1.165, 1.54) is 24.3 Å². The number of anilines is 1. The number of aliphatic hydroxyl groups is 1. The molecule has 0 spiro atoms. The average Bonchev–Trinajstić information content (AvgIpc) is 2.26. The molecule has 1 unspecified atom stereocenters. The van der Waals surface area contributed by atoms with E-state index in [2.05, 4.69) is 10.0 Å². The largest absolute Gasteiger partial charge is 0.391 e. The van der Waals surface area contributed by atoms with Crippen molar-refractivity contribution in [3.63, 3.8) is 0 Å². The minimum atomic E-state index is -3.33. The topological polar surface area (TPSA) is 95.5 Å². The lowest BCUT2D eigenvalue weighted by Crippen LogP contribution is -2.50. The van der Waals surface area contributed by atoms with Gasteiger partial charge in [-0.25, -0.2) is 8.42 Å². The van der Waals surface area contributed by atoms with Gasteiger partial charge in [-0.2, -0.15) is 0 Å². The number of sulfonamides is 1. The first kappa shape index (κ1) is 16.5. The molecule has 1 rings (SSSR count). The number of benzene rings is 1. The average molecular weight is 300 g/mol. The quantitative estimate of drug-likeness (QED) is 0.754. The maximum absolute atomic E-state index is 12.0. The Morgan fingerprint density at radius 2 is 1.75 bits per heavy atom. The summed E-state index contributed by atoms with van der Waals surface area (Å²) >= 11 is 0. The van der Waals surface area contributed by atoms with Crippen LogP contribution in [0.15, 0.2) is 24.3 Å². The normalized spacial score (nSPS) is 13.7. The van der Waals surface area contributed by atoms with E-state index in [0.717, 1.165) is 6.26 Å². The molecule has 0 radical (unpaired) electrons. The van der Waals surface area contributed by atoms with Gasteiger partial charge in [0.15, 0.2) is 0 Å². The molecule has 112 valence electrons. The summed E-state index contributed by atoms with van der Waals surface area (Å²) in [5.74, 6) is -0.332. The monoisotopic (exact) mass is 300 g/mol. The van der Waals surface area contributed by atoms with Crippen LogP contribution < -0.4 is 10.0 Å². The highest BCUT2D eigenvalue weighted by Crippen LogP contribution is 2.13. The Kier molecular flexibility index (Phi) is 4.77. The van der Waals surface area contributed by atoms with Crippen molar-refractivity contribution < 1.29 is 18.3 Å². The second kappa shape index (κ2) is 5.80. The van der Waals surface area contributed by atoms with Crippen LogP contribution in [0.4, 0.5) is 5.69 Å². The molecule has 0 aliphatic rings. The smallest absolute Gasteiger partial charge is 0.251 e. The Balaban J connectivity index is 2.81. The number of carbonyl (C=O) groups excluding carboxylic acids is 1. The zero-order valence-corrected chi connectivity index (χ0v) is 12.8. The highest BCUT2D eigenvalue weighted by molar-refractivity contribution is 7.92. The van der Waals surface area contributed by atoms with E-state index in [-0.39, 0.29) is 5.91 Å². The molecule has 7 heteroatoms. The van der Waals surface area contributed by atoms with Gasteiger partial charge in [0.05, 0.1) is 17.9 Å². The Labute approximate surface area is 119 Å². The minimum Gasteiger partial charge on any atom is -0.391 e. The summed E-state index contributed by atoms with van der Waals surface area (Å²) in [5, 5.41) is 12.3. The Bertz CT molecular complexity index is 577. The van der Waals surface area contributed by atoms with Gasteiger partial charge in [0.2, 0.25) is 10.0 Å². The second-order valence-electron chi connectivity index (χ2n) is 5.30. The Morgan fingerprint density at radius 1 is 1.25 bits per heavy atom. The number of hydrogen-bond donors (Lipinski definition) is 3. The van der Waals surface area contributed by atoms with Crippen molar-refractivity contribution in [3.8, 4) is 0 Å². The van der Waals surface area contributed by atoms with Crippen LogP contribution in [0.3, 0.4) is 0 Å². The lowest BCUT2D eigenvalue weighted by atomic mass is 9.98. The number of nitrogens with one attached hydrogen (secondary N) is 2. The predicted octanol–water partition coefficient (Wildman–Crippen LogP) is 0.947. The fraction of sp³-hybridized carbons (Fsp3) is 0.462. The van der Waals surface area contributed by atoms with Gasteiger partial charge in [0, 0.05) is 11.3 Å². The van der Waals surface area contributed by atoms with Crippen molar-refractivity contribution in [1.82, 2.24) is 5.32 Å². The van der Waals surface area contributed by atoms with E-state index in [4.69, 9.17) is 0 Å². The van der Waals surface area contributed by atoms with Gasteiger partial charge in [-0.3, -0.25) is 9.52 Å².